The molecule has 0 saturated heterocycles. The quantitative estimate of drug-likeness (QED) is 0.847. The SMILES string of the molecule is Cn1nccc1C1=CCN(C(=O)c2ccncc2C(F)(F)F)CC1. The topological polar surface area (TPSA) is 51.0 Å². The zero-order valence-electron chi connectivity index (χ0n) is 12.9. The molecule has 2 aromatic heterocycles. The van der Waals surface area contributed by atoms with Gasteiger partial charge in [0.05, 0.1) is 16.8 Å². The second-order valence-corrected chi connectivity index (χ2v) is 5.49. The zero-order valence-corrected chi connectivity index (χ0v) is 12.9. The molecule has 126 valence electrons. The van der Waals surface area contributed by atoms with Crippen molar-refractivity contribution >= 4 is 11.5 Å². The van der Waals surface area contributed by atoms with Gasteiger partial charge in [0.1, 0.15) is 0 Å². The van der Waals surface area contributed by atoms with Crippen LogP contribution in [0.4, 0.5) is 13.2 Å². The van der Waals surface area contributed by atoms with E-state index in [1.54, 1.807) is 10.9 Å². The van der Waals surface area contributed by atoms with Crippen molar-refractivity contribution in [1.82, 2.24) is 19.7 Å². The molecular formula is C16H15F3N4O. The average Bonchev–Trinajstić information content (AvgIpc) is 2.99. The molecule has 1 amide bonds. The van der Waals surface area contributed by atoms with Gasteiger partial charge in [-0.25, -0.2) is 0 Å². The summed E-state index contributed by atoms with van der Waals surface area (Å²) in [5, 5.41) is 4.10. The van der Waals surface area contributed by atoms with Crippen molar-refractivity contribution in [2.75, 3.05) is 13.1 Å². The number of pyridine rings is 1. The molecule has 0 aromatic carbocycles. The van der Waals surface area contributed by atoms with Crippen LogP contribution in [0.25, 0.3) is 5.57 Å². The summed E-state index contributed by atoms with van der Waals surface area (Å²) in [6, 6.07) is 2.99. The van der Waals surface area contributed by atoms with Crippen LogP contribution in [0.15, 0.2) is 36.8 Å². The minimum Gasteiger partial charge on any atom is -0.335 e. The highest BCUT2D eigenvalue weighted by Crippen LogP contribution is 2.32. The zero-order chi connectivity index (χ0) is 17.3. The molecule has 8 heteroatoms. The lowest BCUT2D eigenvalue weighted by atomic mass is 10.0. The number of hydrogen-bond acceptors (Lipinski definition) is 3. The molecule has 24 heavy (non-hydrogen) atoms. The summed E-state index contributed by atoms with van der Waals surface area (Å²) in [6.45, 7) is 0.619. The van der Waals surface area contributed by atoms with Gasteiger partial charge in [0.15, 0.2) is 0 Å². The van der Waals surface area contributed by atoms with E-state index < -0.39 is 17.6 Å². The maximum absolute atomic E-state index is 13.0. The van der Waals surface area contributed by atoms with Crippen molar-refractivity contribution in [3.8, 4) is 0 Å². The Hall–Kier alpha value is -2.64. The van der Waals surface area contributed by atoms with Gasteiger partial charge in [-0.15, -0.1) is 0 Å². The number of amides is 1. The van der Waals surface area contributed by atoms with Gasteiger partial charge in [0.25, 0.3) is 5.91 Å². The summed E-state index contributed by atoms with van der Waals surface area (Å²) in [5.74, 6) is -0.634. The molecule has 3 rings (SSSR count). The lowest BCUT2D eigenvalue weighted by molar-refractivity contribution is -0.138. The summed E-state index contributed by atoms with van der Waals surface area (Å²) < 4.78 is 40.8. The number of carbonyl (C=O) groups is 1. The first kappa shape index (κ1) is 16.2. The monoisotopic (exact) mass is 336 g/mol. The van der Waals surface area contributed by atoms with Crippen molar-refractivity contribution in [3.05, 3.63) is 53.6 Å². The fourth-order valence-electron chi connectivity index (χ4n) is 2.75. The molecule has 5 nitrogen and oxygen atoms in total. The van der Waals surface area contributed by atoms with Gasteiger partial charge in [0, 0.05) is 38.7 Å². The fourth-order valence-corrected chi connectivity index (χ4v) is 2.75. The van der Waals surface area contributed by atoms with Gasteiger partial charge < -0.3 is 4.90 Å². The van der Waals surface area contributed by atoms with Crippen molar-refractivity contribution < 1.29 is 18.0 Å². The molecule has 0 bridgehead atoms. The van der Waals surface area contributed by atoms with Gasteiger partial charge >= 0.3 is 6.18 Å². The molecule has 0 saturated carbocycles. The second kappa shape index (κ2) is 6.10. The molecule has 3 heterocycles. The van der Waals surface area contributed by atoms with Crippen LogP contribution in [0.2, 0.25) is 0 Å². The highest BCUT2D eigenvalue weighted by atomic mass is 19.4. The Morgan fingerprint density at radius 3 is 2.62 bits per heavy atom. The van der Waals surface area contributed by atoms with Gasteiger partial charge in [0.2, 0.25) is 0 Å². The number of rotatable bonds is 2. The van der Waals surface area contributed by atoms with E-state index in [2.05, 4.69) is 10.1 Å². The molecule has 0 aliphatic carbocycles. The summed E-state index contributed by atoms with van der Waals surface area (Å²) >= 11 is 0. The van der Waals surface area contributed by atoms with E-state index in [-0.39, 0.29) is 12.1 Å². The number of carbonyl (C=O) groups excluding carboxylic acids is 1. The Morgan fingerprint density at radius 2 is 2.04 bits per heavy atom. The van der Waals surface area contributed by atoms with Crippen LogP contribution >= 0.6 is 0 Å². The average molecular weight is 336 g/mol. The lowest BCUT2D eigenvalue weighted by Crippen LogP contribution is -2.36. The number of aryl methyl sites for hydroxylation is 1. The molecule has 1 aliphatic heterocycles. The number of hydrogen-bond donors (Lipinski definition) is 0. The molecular weight excluding hydrogens is 321 g/mol. The summed E-state index contributed by atoms with van der Waals surface area (Å²) in [4.78, 5) is 17.4. The van der Waals surface area contributed by atoms with Crippen LogP contribution in [-0.4, -0.2) is 38.7 Å². The van der Waals surface area contributed by atoms with E-state index in [4.69, 9.17) is 0 Å². The van der Waals surface area contributed by atoms with E-state index in [0.717, 1.165) is 17.3 Å². The van der Waals surface area contributed by atoms with E-state index >= 15 is 0 Å². The third kappa shape index (κ3) is 3.04. The molecule has 1 aliphatic rings. The van der Waals surface area contributed by atoms with E-state index in [0.29, 0.717) is 19.2 Å². The van der Waals surface area contributed by atoms with Crippen molar-refractivity contribution in [1.29, 1.82) is 0 Å². The maximum Gasteiger partial charge on any atom is 0.418 e. The van der Waals surface area contributed by atoms with Crippen molar-refractivity contribution in [2.45, 2.75) is 12.6 Å². The first-order valence-corrected chi connectivity index (χ1v) is 7.36. The Labute approximate surface area is 136 Å². The molecule has 0 atom stereocenters. The minimum absolute atomic E-state index is 0.263. The van der Waals surface area contributed by atoms with Crippen LogP contribution in [0.5, 0.6) is 0 Å². The molecule has 2 aromatic rings. The van der Waals surface area contributed by atoms with Crippen molar-refractivity contribution in [3.63, 3.8) is 0 Å². The van der Waals surface area contributed by atoms with Crippen molar-refractivity contribution in [2.24, 2.45) is 7.05 Å². The minimum atomic E-state index is -4.61. The number of aromatic nitrogens is 3. The predicted octanol–water partition coefficient (Wildman–Crippen LogP) is 2.76. The summed E-state index contributed by atoms with van der Waals surface area (Å²) in [6.07, 6.45) is 1.38. The molecule has 0 unspecified atom stereocenters. The Bertz CT molecular complexity index is 795. The number of nitrogens with zero attached hydrogens (tertiary/aromatic N) is 4. The summed E-state index contributed by atoms with van der Waals surface area (Å²) in [5.41, 5.74) is 0.609. The van der Waals surface area contributed by atoms with E-state index in [9.17, 15) is 18.0 Å². The Kier molecular flexibility index (Phi) is 4.13. The van der Waals surface area contributed by atoms with Crippen LogP contribution < -0.4 is 0 Å². The third-order valence-electron chi connectivity index (χ3n) is 4.00. The predicted molar refractivity (Wildman–Crippen MR) is 80.9 cm³/mol. The highest BCUT2D eigenvalue weighted by Gasteiger charge is 2.36. The Morgan fingerprint density at radius 1 is 1.25 bits per heavy atom. The molecule has 0 radical (unpaired) electrons. The highest BCUT2D eigenvalue weighted by molar-refractivity contribution is 5.96. The van der Waals surface area contributed by atoms with Gasteiger partial charge in [-0.3, -0.25) is 14.5 Å². The fraction of sp³-hybridized carbons (Fsp3) is 0.312. The standard InChI is InChI=1S/C16H15F3N4O/c1-22-14(3-7-21-22)11-4-8-23(9-5-11)15(24)12-2-6-20-10-13(12)16(17,18)19/h2-4,6-7,10H,5,8-9H2,1H3. The number of alkyl halides is 3. The maximum atomic E-state index is 13.0. The molecule has 0 spiro atoms. The summed E-state index contributed by atoms with van der Waals surface area (Å²) in [7, 11) is 1.82. The number of halogens is 3. The largest absolute Gasteiger partial charge is 0.418 e. The van der Waals surface area contributed by atoms with E-state index in [1.165, 1.54) is 11.1 Å². The van der Waals surface area contributed by atoms with Crippen LogP contribution in [0.1, 0.15) is 28.0 Å². The van der Waals surface area contributed by atoms with Gasteiger partial charge in [-0.1, -0.05) is 6.08 Å². The van der Waals surface area contributed by atoms with Crippen LogP contribution in [0, 0.1) is 0 Å². The molecule has 0 fully saturated rings. The van der Waals surface area contributed by atoms with Crippen LogP contribution in [-0.2, 0) is 13.2 Å². The first-order chi connectivity index (χ1) is 11.4. The Balaban J connectivity index is 1.82. The van der Waals surface area contributed by atoms with Gasteiger partial charge in [-0.2, -0.15) is 18.3 Å². The third-order valence-corrected chi connectivity index (χ3v) is 4.00. The van der Waals surface area contributed by atoms with E-state index in [1.807, 2.05) is 19.2 Å². The van der Waals surface area contributed by atoms with Crippen LogP contribution in [0.3, 0.4) is 0 Å². The lowest BCUT2D eigenvalue weighted by Gasteiger charge is -2.27. The first-order valence-electron chi connectivity index (χ1n) is 7.36. The van der Waals surface area contributed by atoms with Gasteiger partial charge in [-0.05, 0) is 24.1 Å². The smallest absolute Gasteiger partial charge is 0.335 e. The molecule has 0 N–H and O–H groups in total. The normalized spacial score (nSPS) is 15.3. The second-order valence-electron chi connectivity index (χ2n) is 5.49.